The number of benzene rings is 3. The fourth-order valence-corrected chi connectivity index (χ4v) is 4.90. The van der Waals surface area contributed by atoms with Gasteiger partial charge in [-0.05, 0) is 54.8 Å². The highest BCUT2D eigenvalue weighted by Crippen LogP contribution is 2.43. The number of nitrogens with zero attached hydrogens (tertiary/aromatic N) is 2. The Balaban J connectivity index is 1.37. The number of fused-ring (bicyclic) bond motifs is 2. The molecule has 1 saturated heterocycles. The first kappa shape index (κ1) is 20.2. The molecular formula is C26H28ClN3O. The highest BCUT2D eigenvalue weighted by Gasteiger charge is 2.32. The van der Waals surface area contributed by atoms with Crippen molar-refractivity contribution in [2.45, 2.75) is 25.5 Å². The molecule has 2 aliphatic rings. The second kappa shape index (κ2) is 8.81. The van der Waals surface area contributed by atoms with Gasteiger partial charge in [0.1, 0.15) is 12.4 Å². The predicted octanol–water partition coefficient (Wildman–Crippen LogP) is 5.73. The van der Waals surface area contributed by atoms with Gasteiger partial charge in [0.15, 0.2) is 0 Å². The van der Waals surface area contributed by atoms with E-state index in [9.17, 15) is 0 Å². The number of halogens is 1. The third-order valence-electron chi connectivity index (χ3n) is 6.36. The summed E-state index contributed by atoms with van der Waals surface area (Å²) in [7, 11) is 1.97. The van der Waals surface area contributed by atoms with Gasteiger partial charge in [-0.2, -0.15) is 0 Å². The molecule has 1 fully saturated rings. The molecule has 0 spiro atoms. The number of para-hydroxylation sites is 2. The van der Waals surface area contributed by atoms with Crippen LogP contribution < -0.4 is 15.0 Å². The SMILES string of the molecule is CNc1cccc(CCN2CCC(N3c4cc(Cl)ccc4COc4ccccc43)C2)c1. The molecule has 0 bridgehead atoms. The van der Waals surface area contributed by atoms with Crippen LogP contribution in [0.4, 0.5) is 17.1 Å². The van der Waals surface area contributed by atoms with Gasteiger partial charge in [0.25, 0.3) is 0 Å². The number of rotatable bonds is 5. The smallest absolute Gasteiger partial charge is 0.143 e. The van der Waals surface area contributed by atoms with E-state index in [4.69, 9.17) is 16.3 Å². The highest BCUT2D eigenvalue weighted by molar-refractivity contribution is 6.30. The van der Waals surface area contributed by atoms with Crippen molar-refractivity contribution >= 4 is 28.7 Å². The monoisotopic (exact) mass is 433 g/mol. The number of nitrogens with one attached hydrogen (secondary N) is 1. The first-order valence-electron chi connectivity index (χ1n) is 11.0. The van der Waals surface area contributed by atoms with Crippen LogP contribution in [0.15, 0.2) is 66.7 Å². The third kappa shape index (κ3) is 4.23. The molecule has 4 nitrogen and oxygen atoms in total. The van der Waals surface area contributed by atoms with Gasteiger partial charge in [-0.15, -0.1) is 0 Å². The summed E-state index contributed by atoms with van der Waals surface area (Å²) in [5.74, 6) is 0.942. The van der Waals surface area contributed by atoms with Crippen molar-refractivity contribution in [3.05, 3.63) is 82.9 Å². The zero-order valence-electron chi connectivity index (χ0n) is 17.9. The topological polar surface area (TPSA) is 27.7 Å². The molecule has 3 aromatic rings. The zero-order valence-corrected chi connectivity index (χ0v) is 18.6. The van der Waals surface area contributed by atoms with Crippen LogP contribution in [0, 0.1) is 0 Å². The Labute approximate surface area is 189 Å². The van der Waals surface area contributed by atoms with E-state index < -0.39 is 0 Å². The first-order valence-corrected chi connectivity index (χ1v) is 11.4. The summed E-state index contributed by atoms with van der Waals surface area (Å²) in [4.78, 5) is 5.04. The van der Waals surface area contributed by atoms with E-state index in [-0.39, 0.29) is 0 Å². The maximum Gasteiger partial charge on any atom is 0.143 e. The maximum absolute atomic E-state index is 6.42. The Kier molecular flexibility index (Phi) is 5.75. The first-order chi connectivity index (χ1) is 15.2. The lowest BCUT2D eigenvalue weighted by Crippen LogP contribution is -2.35. The van der Waals surface area contributed by atoms with Crippen molar-refractivity contribution < 1.29 is 4.74 Å². The van der Waals surface area contributed by atoms with Crippen LogP contribution in [-0.2, 0) is 13.0 Å². The fourth-order valence-electron chi connectivity index (χ4n) is 4.74. The molecule has 1 atom stereocenters. The molecule has 3 aromatic carbocycles. The van der Waals surface area contributed by atoms with Crippen LogP contribution in [0.3, 0.4) is 0 Å². The standard InChI is InChI=1S/C26H28ClN3O/c1-28-22-6-4-5-19(15-22)11-13-29-14-12-23(17-29)30-24-7-2-3-8-26(24)31-18-20-9-10-21(27)16-25(20)30/h2-10,15-16,23,28H,11-14,17-18H2,1H3. The second-order valence-corrected chi connectivity index (χ2v) is 8.78. The van der Waals surface area contributed by atoms with Gasteiger partial charge in [-0.3, -0.25) is 0 Å². The summed E-state index contributed by atoms with van der Waals surface area (Å²) in [6.45, 7) is 3.77. The van der Waals surface area contributed by atoms with Crippen LogP contribution in [0.2, 0.25) is 5.02 Å². The summed E-state index contributed by atoms with van der Waals surface area (Å²) >= 11 is 6.42. The number of hydrogen-bond acceptors (Lipinski definition) is 4. The van der Waals surface area contributed by atoms with Gasteiger partial charge in [0.05, 0.1) is 5.69 Å². The zero-order chi connectivity index (χ0) is 21.2. The molecule has 1 unspecified atom stereocenters. The molecule has 2 aliphatic heterocycles. The summed E-state index contributed by atoms with van der Waals surface area (Å²) in [6, 6.07) is 23.6. The Hall–Kier alpha value is -2.69. The number of ether oxygens (including phenoxy) is 1. The van der Waals surface area contributed by atoms with Crippen LogP contribution in [0.1, 0.15) is 17.5 Å². The van der Waals surface area contributed by atoms with Crippen LogP contribution in [0.25, 0.3) is 0 Å². The van der Waals surface area contributed by atoms with Crippen molar-refractivity contribution in [3.8, 4) is 5.75 Å². The van der Waals surface area contributed by atoms with Crippen molar-refractivity contribution in [2.75, 3.05) is 36.9 Å². The molecule has 160 valence electrons. The normalized spacial score (nSPS) is 18.1. The van der Waals surface area contributed by atoms with Crippen LogP contribution in [-0.4, -0.2) is 37.6 Å². The molecule has 5 heteroatoms. The van der Waals surface area contributed by atoms with E-state index in [0.717, 1.165) is 48.9 Å². The lowest BCUT2D eigenvalue weighted by molar-refractivity contribution is 0.310. The maximum atomic E-state index is 6.42. The molecule has 0 radical (unpaired) electrons. The van der Waals surface area contributed by atoms with Gasteiger partial charge in [-0.25, -0.2) is 0 Å². The number of anilines is 3. The summed E-state index contributed by atoms with van der Waals surface area (Å²) in [6.07, 6.45) is 2.18. The lowest BCUT2D eigenvalue weighted by Gasteiger charge is -2.32. The van der Waals surface area contributed by atoms with Crippen molar-refractivity contribution in [1.29, 1.82) is 0 Å². The average Bonchev–Trinajstić information content (AvgIpc) is 3.20. The van der Waals surface area contributed by atoms with E-state index in [1.54, 1.807) is 0 Å². The van der Waals surface area contributed by atoms with Crippen LogP contribution in [0.5, 0.6) is 5.75 Å². The van der Waals surface area contributed by atoms with Gasteiger partial charge < -0.3 is 19.9 Å². The van der Waals surface area contributed by atoms with Crippen molar-refractivity contribution in [3.63, 3.8) is 0 Å². The van der Waals surface area contributed by atoms with Gasteiger partial charge in [0, 0.05) is 54.7 Å². The van der Waals surface area contributed by atoms with E-state index in [1.165, 1.54) is 22.5 Å². The Morgan fingerprint density at radius 3 is 2.84 bits per heavy atom. The van der Waals surface area contributed by atoms with E-state index in [2.05, 4.69) is 69.7 Å². The molecular weight excluding hydrogens is 406 g/mol. The van der Waals surface area contributed by atoms with E-state index in [0.29, 0.717) is 12.6 Å². The Morgan fingerprint density at radius 1 is 1.03 bits per heavy atom. The van der Waals surface area contributed by atoms with Gasteiger partial charge in [0.2, 0.25) is 0 Å². The minimum Gasteiger partial charge on any atom is -0.487 e. The number of hydrogen-bond donors (Lipinski definition) is 1. The number of likely N-dealkylation sites (tertiary alicyclic amines) is 1. The van der Waals surface area contributed by atoms with E-state index >= 15 is 0 Å². The second-order valence-electron chi connectivity index (χ2n) is 8.34. The highest BCUT2D eigenvalue weighted by atomic mass is 35.5. The fraction of sp³-hybridized carbons (Fsp3) is 0.308. The summed E-state index contributed by atoms with van der Waals surface area (Å²) in [5.41, 5.74) is 6.04. The summed E-state index contributed by atoms with van der Waals surface area (Å²) < 4.78 is 6.15. The molecule has 0 amide bonds. The minimum absolute atomic E-state index is 0.392. The lowest BCUT2D eigenvalue weighted by atomic mass is 10.1. The third-order valence-corrected chi connectivity index (χ3v) is 6.59. The molecule has 31 heavy (non-hydrogen) atoms. The minimum atomic E-state index is 0.392. The predicted molar refractivity (Wildman–Crippen MR) is 129 cm³/mol. The van der Waals surface area contributed by atoms with E-state index in [1.807, 2.05) is 19.2 Å². The van der Waals surface area contributed by atoms with Gasteiger partial charge >= 0.3 is 0 Å². The largest absolute Gasteiger partial charge is 0.487 e. The van der Waals surface area contributed by atoms with Gasteiger partial charge in [-0.1, -0.05) is 41.9 Å². The molecule has 0 saturated carbocycles. The Morgan fingerprint density at radius 2 is 1.94 bits per heavy atom. The molecule has 0 aromatic heterocycles. The molecule has 5 rings (SSSR count). The summed E-state index contributed by atoms with van der Waals surface area (Å²) in [5, 5.41) is 4.00. The molecule has 1 N–H and O–H groups in total. The average molecular weight is 434 g/mol. The van der Waals surface area contributed by atoms with Crippen LogP contribution >= 0.6 is 11.6 Å². The van der Waals surface area contributed by atoms with Crippen molar-refractivity contribution in [1.82, 2.24) is 4.90 Å². The van der Waals surface area contributed by atoms with Crippen molar-refractivity contribution in [2.24, 2.45) is 0 Å². The quantitative estimate of drug-likeness (QED) is 0.556. The molecule has 0 aliphatic carbocycles. The Bertz CT molecular complexity index is 1070. The molecule has 2 heterocycles.